The Labute approximate surface area is 61.9 Å². The Hall–Kier alpha value is -0.630. The molecule has 0 rings (SSSR count). The summed E-state index contributed by atoms with van der Waals surface area (Å²) in [5.74, 6) is 0. The molecule has 0 aromatic carbocycles. The maximum atomic E-state index is 10.0. The standard InChI is InChI=1S/C8H14O2/c1-3-4-5-8(10-2)6-7-9/h3,7-8H,1,4-6H2,2H3. The molecular formula is C8H14O2. The lowest BCUT2D eigenvalue weighted by atomic mass is 10.1. The molecule has 1 unspecified atom stereocenters. The fourth-order valence-electron chi connectivity index (χ4n) is 0.743. The second-order valence-corrected chi connectivity index (χ2v) is 2.13. The van der Waals surface area contributed by atoms with Crippen molar-refractivity contribution in [3.05, 3.63) is 12.7 Å². The highest BCUT2D eigenvalue weighted by Gasteiger charge is 2.03. The van der Waals surface area contributed by atoms with Crippen LogP contribution < -0.4 is 0 Å². The number of aldehydes is 1. The number of methoxy groups -OCH3 is 1. The van der Waals surface area contributed by atoms with Gasteiger partial charge in [0.2, 0.25) is 0 Å². The number of hydrogen-bond acceptors (Lipinski definition) is 2. The highest BCUT2D eigenvalue weighted by molar-refractivity contribution is 5.50. The summed E-state index contributed by atoms with van der Waals surface area (Å²) in [5, 5.41) is 0. The Morgan fingerprint density at radius 1 is 1.70 bits per heavy atom. The molecule has 0 aliphatic carbocycles. The number of ether oxygens (including phenoxy) is 1. The maximum Gasteiger partial charge on any atom is 0.122 e. The van der Waals surface area contributed by atoms with Crippen LogP contribution in [-0.4, -0.2) is 19.5 Å². The van der Waals surface area contributed by atoms with E-state index in [0.717, 1.165) is 19.1 Å². The van der Waals surface area contributed by atoms with Crippen LogP contribution in [0.3, 0.4) is 0 Å². The van der Waals surface area contributed by atoms with Crippen LogP contribution in [-0.2, 0) is 9.53 Å². The first-order chi connectivity index (χ1) is 4.85. The van der Waals surface area contributed by atoms with Gasteiger partial charge < -0.3 is 9.53 Å². The molecule has 0 radical (unpaired) electrons. The summed E-state index contributed by atoms with van der Waals surface area (Å²) in [6.07, 6.45) is 5.08. The second-order valence-electron chi connectivity index (χ2n) is 2.13. The number of hydrogen-bond donors (Lipinski definition) is 0. The highest BCUT2D eigenvalue weighted by Crippen LogP contribution is 2.03. The zero-order valence-electron chi connectivity index (χ0n) is 6.38. The van der Waals surface area contributed by atoms with Gasteiger partial charge in [0, 0.05) is 13.5 Å². The fourth-order valence-corrected chi connectivity index (χ4v) is 0.743. The van der Waals surface area contributed by atoms with Gasteiger partial charge in [0.25, 0.3) is 0 Å². The number of carbonyl (C=O) groups is 1. The fraction of sp³-hybridized carbons (Fsp3) is 0.625. The molecule has 2 nitrogen and oxygen atoms in total. The zero-order valence-corrected chi connectivity index (χ0v) is 6.38. The first kappa shape index (κ1) is 9.37. The Morgan fingerprint density at radius 3 is 2.80 bits per heavy atom. The van der Waals surface area contributed by atoms with Crippen molar-refractivity contribution < 1.29 is 9.53 Å². The Bertz CT molecular complexity index is 99.4. The molecule has 58 valence electrons. The summed E-state index contributed by atoms with van der Waals surface area (Å²) in [6.45, 7) is 3.58. The molecular weight excluding hydrogens is 128 g/mol. The molecule has 0 spiro atoms. The van der Waals surface area contributed by atoms with Gasteiger partial charge >= 0.3 is 0 Å². The third kappa shape index (κ3) is 4.27. The van der Waals surface area contributed by atoms with Gasteiger partial charge in [0.15, 0.2) is 0 Å². The molecule has 0 N–H and O–H groups in total. The van der Waals surface area contributed by atoms with Crippen LogP contribution >= 0.6 is 0 Å². The van der Waals surface area contributed by atoms with Crippen LogP contribution in [0, 0.1) is 0 Å². The van der Waals surface area contributed by atoms with E-state index >= 15 is 0 Å². The van der Waals surface area contributed by atoms with E-state index in [1.807, 2.05) is 6.08 Å². The Kier molecular flexibility index (Phi) is 6.08. The Morgan fingerprint density at radius 2 is 2.40 bits per heavy atom. The van der Waals surface area contributed by atoms with E-state index < -0.39 is 0 Å². The van der Waals surface area contributed by atoms with E-state index in [4.69, 9.17) is 4.74 Å². The van der Waals surface area contributed by atoms with Crippen molar-refractivity contribution in [1.82, 2.24) is 0 Å². The molecule has 0 saturated carbocycles. The largest absolute Gasteiger partial charge is 0.381 e. The number of rotatable bonds is 6. The lowest BCUT2D eigenvalue weighted by Gasteiger charge is -2.09. The molecule has 0 aromatic rings. The topological polar surface area (TPSA) is 26.3 Å². The van der Waals surface area contributed by atoms with Crippen LogP contribution in [0.25, 0.3) is 0 Å². The van der Waals surface area contributed by atoms with E-state index in [-0.39, 0.29) is 6.10 Å². The lowest BCUT2D eigenvalue weighted by Crippen LogP contribution is -2.10. The predicted molar refractivity (Wildman–Crippen MR) is 40.9 cm³/mol. The normalized spacial score (nSPS) is 12.5. The minimum Gasteiger partial charge on any atom is -0.381 e. The van der Waals surface area contributed by atoms with Crippen LogP contribution in [0.5, 0.6) is 0 Å². The molecule has 0 aliphatic rings. The van der Waals surface area contributed by atoms with Gasteiger partial charge in [-0.2, -0.15) is 0 Å². The van der Waals surface area contributed by atoms with E-state index in [2.05, 4.69) is 6.58 Å². The lowest BCUT2D eigenvalue weighted by molar-refractivity contribution is -0.110. The van der Waals surface area contributed by atoms with Crippen molar-refractivity contribution in [2.24, 2.45) is 0 Å². The maximum absolute atomic E-state index is 10.0. The van der Waals surface area contributed by atoms with Gasteiger partial charge in [-0.05, 0) is 12.8 Å². The zero-order chi connectivity index (χ0) is 7.82. The first-order valence-electron chi connectivity index (χ1n) is 3.42. The van der Waals surface area contributed by atoms with Crippen molar-refractivity contribution >= 4 is 6.29 Å². The number of carbonyl (C=O) groups excluding carboxylic acids is 1. The minimum atomic E-state index is 0.0792. The third-order valence-corrected chi connectivity index (χ3v) is 1.39. The molecule has 0 amide bonds. The predicted octanol–water partition coefficient (Wildman–Crippen LogP) is 1.56. The summed E-state index contributed by atoms with van der Waals surface area (Å²) in [4.78, 5) is 10.0. The molecule has 0 aliphatic heterocycles. The van der Waals surface area contributed by atoms with E-state index in [1.54, 1.807) is 7.11 Å². The summed E-state index contributed by atoms with van der Waals surface area (Å²) in [6, 6.07) is 0. The van der Waals surface area contributed by atoms with E-state index in [9.17, 15) is 4.79 Å². The van der Waals surface area contributed by atoms with Gasteiger partial charge in [-0.25, -0.2) is 0 Å². The van der Waals surface area contributed by atoms with E-state index in [0.29, 0.717) is 6.42 Å². The van der Waals surface area contributed by atoms with Gasteiger partial charge in [0.05, 0.1) is 6.10 Å². The van der Waals surface area contributed by atoms with Crippen LogP contribution in [0.4, 0.5) is 0 Å². The molecule has 0 fully saturated rings. The van der Waals surface area contributed by atoms with Crippen LogP contribution in [0.1, 0.15) is 19.3 Å². The minimum absolute atomic E-state index is 0.0792. The van der Waals surface area contributed by atoms with Crippen molar-refractivity contribution in [2.45, 2.75) is 25.4 Å². The van der Waals surface area contributed by atoms with Gasteiger partial charge in [-0.15, -0.1) is 6.58 Å². The van der Waals surface area contributed by atoms with Gasteiger partial charge in [-0.3, -0.25) is 0 Å². The van der Waals surface area contributed by atoms with Crippen molar-refractivity contribution in [3.8, 4) is 0 Å². The average Bonchev–Trinajstić information content (AvgIpc) is 1.98. The smallest absolute Gasteiger partial charge is 0.122 e. The summed E-state index contributed by atoms with van der Waals surface area (Å²) in [7, 11) is 1.62. The quantitative estimate of drug-likeness (QED) is 0.415. The molecule has 2 heteroatoms. The number of allylic oxidation sites excluding steroid dienone is 1. The van der Waals surface area contributed by atoms with Gasteiger partial charge in [-0.1, -0.05) is 6.08 Å². The third-order valence-electron chi connectivity index (χ3n) is 1.39. The van der Waals surface area contributed by atoms with Gasteiger partial charge in [0.1, 0.15) is 6.29 Å². The molecule has 0 heterocycles. The van der Waals surface area contributed by atoms with Crippen molar-refractivity contribution in [3.63, 3.8) is 0 Å². The molecule has 0 bridgehead atoms. The Balaban J connectivity index is 3.38. The molecule has 10 heavy (non-hydrogen) atoms. The molecule has 0 aromatic heterocycles. The first-order valence-corrected chi connectivity index (χ1v) is 3.42. The molecule has 1 atom stereocenters. The van der Waals surface area contributed by atoms with Crippen molar-refractivity contribution in [2.75, 3.05) is 7.11 Å². The van der Waals surface area contributed by atoms with Crippen molar-refractivity contribution in [1.29, 1.82) is 0 Å². The second kappa shape index (κ2) is 6.49. The highest BCUT2D eigenvalue weighted by atomic mass is 16.5. The van der Waals surface area contributed by atoms with Crippen LogP contribution in [0.15, 0.2) is 12.7 Å². The monoisotopic (exact) mass is 142 g/mol. The average molecular weight is 142 g/mol. The summed E-state index contributed by atoms with van der Waals surface area (Å²) >= 11 is 0. The van der Waals surface area contributed by atoms with Crippen LogP contribution in [0.2, 0.25) is 0 Å². The summed E-state index contributed by atoms with van der Waals surface area (Å²) in [5.41, 5.74) is 0. The van der Waals surface area contributed by atoms with E-state index in [1.165, 1.54) is 0 Å². The summed E-state index contributed by atoms with van der Waals surface area (Å²) < 4.78 is 5.01. The SMILES string of the molecule is C=CCCC(CC=O)OC. The molecule has 0 saturated heterocycles.